The topological polar surface area (TPSA) is 40.5 Å². The number of nitrogens with zero attached hydrogens (tertiary/aromatic N) is 1. The van der Waals surface area contributed by atoms with Gasteiger partial charge in [0, 0.05) is 25.2 Å². The van der Waals surface area contributed by atoms with Crippen molar-refractivity contribution in [2.24, 2.45) is 5.92 Å². The fourth-order valence-electron chi connectivity index (χ4n) is 3.07. The van der Waals surface area contributed by atoms with E-state index in [0.717, 1.165) is 24.4 Å². The van der Waals surface area contributed by atoms with Crippen LogP contribution in [0.15, 0.2) is 18.2 Å². The van der Waals surface area contributed by atoms with Crippen molar-refractivity contribution >= 4 is 11.7 Å². The van der Waals surface area contributed by atoms with E-state index in [-0.39, 0.29) is 6.42 Å². The molecule has 0 radical (unpaired) electrons. The number of hydrogen-bond donors (Lipinski definition) is 1. The lowest BCUT2D eigenvalue weighted by molar-refractivity contribution is -0.136. The molecule has 0 aromatic heterocycles. The molecule has 3 rings (SSSR count). The molecule has 3 nitrogen and oxygen atoms in total. The maximum atomic E-state index is 10.7. The van der Waals surface area contributed by atoms with Gasteiger partial charge in [0.15, 0.2) is 0 Å². The van der Waals surface area contributed by atoms with E-state index in [1.807, 2.05) is 0 Å². The van der Waals surface area contributed by atoms with Gasteiger partial charge in [-0.15, -0.1) is 0 Å². The zero-order valence-corrected chi connectivity index (χ0v) is 11.3. The van der Waals surface area contributed by atoms with Gasteiger partial charge < -0.3 is 10.0 Å². The van der Waals surface area contributed by atoms with E-state index >= 15 is 0 Å². The average molecular weight is 259 g/mol. The minimum absolute atomic E-state index is 0.224. The molecular weight excluding hydrogens is 238 g/mol. The van der Waals surface area contributed by atoms with E-state index in [1.165, 1.54) is 37.1 Å². The van der Waals surface area contributed by atoms with E-state index < -0.39 is 5.97 Å². The van der Waals surface area contributed by atoms with Crippen LogP contribution in [0.3, 0.4) is 0 Å². The van der Waals surface area contributed by atoms with Crippen molar-refractivity contribution in [2.75, 3.05) is 18.0 Å². The smallest absolute Gasteiger partial charge is 0.303 e. The number of benzene rings is 1. The van der Waals surface area contributed by atoms with Gasteiger partial charge in [0.25, 0.3) is 0 Å². The Morgan fingerprint density at radius 2 is 2.21 bits per heavy atom. The summed E-state index contributed by atoms with van der Waals surface area (Å²) in [6.07, 6.45) is 6.15. The highest BCUT2D eigenvalue weighted by Crippen LogP contribution is 2.34. The Hall–Kier alpha value is -1.51. The molecule has 0 amide bonds. The molecule has 2 aliphatic rings. The van der Waals surface area contributed by atoms with Gasteiger partial charge in [0.2, 0.25) is 0 Å². The van der Waals surface area contributed by atoms with Crippen LogP contribution in [0.4, 0.5) is 5.69 Å². The van der Waals surface area contributed by atoms with Gasteiger partial charge in [-0.2, -0.15) is 0 Å². The number of rotatable bonds is 5. The highest BCUT2D eigenvalue weighted by Gasteiger charge is 2.25. The summed E-state index contributed by atoms with van der Waals surface area (Å²) in [4.78, 5) is 13.2. The summed E-state index contributed by atoms with van der Waals surface area (Å²) in [7, 11) is 0. The first kappa shape index (κ1) is 12.5. The lowest BCUT2D eigenvalue weighted by Gasteiger charge is -2.31. The molecule has 102 valence electrons. The Morgan fingerprint density at radius 1 is 1.37 bits per heavy atom. The van der Waals surface area contributed by atoms with E-state index in [0.29, 0.717) is 6.42 Å². The third kappa shape index (κ3) is 2.75. The second kappa shape index (κ2) is 5.24. The van der Waals surface area contributed by atoms with Crippen molar-refractivity contribution < 1.29 is 9.90 Å². The van der Waals surface area contributed by atoms with Gasteiger partial charge in [0.1, 0.15) is 0 Å². The van der Waals surface area contributed by atoms with Crippen molar-refractivity contribution in [3.05, 3.63) is 29.3 Å². The van der Waals surface area contributed by atoms with Gasteiger partial charge in [-0.25, -0.2) is 0 Å². The Labute approximate surface area is 114 Å². The van der Waals surface area contributed by atoms with E-state index in [9.17, 15) is 4.79 Å². The normalized spacial score (nSPS) is 18.2. The lowest BCUT2D eigenvalue weighted by Crippen LogP contribution is -2.31. The molecule has 1 N–H and O–H groups in total. The van der Waals surface area contributed by atoms with Gasteiger partial charge in [-0.05, 0) is 48.8 Å². The lowest BCUT2D eigenvalue weighted by atomic mass is 9.85. The zero-order valence-electron chi connectivity index (χ0n) is 11.3. The first-order chi connectivity index (χ1) is 9.22. The highest BCUT2D eigenvalue weighted by molar-refractivity contribution is 5.67. The van der Waals surface area contributed by atoms with Gasteiger partial charge in [-0.1, -0.05) is 18.6 Å². The maximum Gasteiger partial charge on any atom is 0.303 e. The number of carboxylic acid groups (broad SMARTS) is 1. The summed E-state index contributed by atoms with van der Waals surface area (Å²) in [6.45, 7) is 2.32. The Morgan fingerprint density at radius 3 is 2.89 bits per heavy atom. The van der Waals surface area contributed by atoms with Gasteiger partial charge in [0.05, 0.1) is 0 Å². The third-order valence-corrected chi connectivity index (χ3v) is 4.47. The molecule has 0 atom stereocenters. The SMILES string of the molecule is O=C(O)CCc1ccc2c(c1)N(CC1CCC1)CC2. The molecule has 0 bridgehead atoms. The number of aliphatic carboxylic acids is 1. The molecule has 0 spiro atoms. The van der Waals surface area contributed by atoms with Crippen LogP contribution in [-0.4, -0.2) is 24.2 Å². The van der Waals surface area contributed by atoms with Crippen LogP contribution in [0, 0.1) is 5.92 Å². The van der Waals surface area contributed by atoms with Gasteiger partial charge >= 0.3 is 5.97 Å². The summed E-state index contributed by atoms with van der Waals surface area (Å²) in [5, 5.41) is 8.77. The molecule has 0 saturated heterocycles. The predicted molar refractivity (Wildman–Crippen MR) is 75.7 cm³/mol. The Balaban J connectivity index is 1.70. The third-order valence-electron chi connectivity index (χ3n) is 4.47. The van der Waals surface area contributed by atoms with E-state index in [1.54, 1.807) is 0 Å². The number of carbonyl (C=O) groups is 1. The minimum atomic E-state index is -0.716. The second-order valence-corrected chi connectivity index (χ2v) is 5.85. The molecule has 1 heterocycles. The Kier molecular flexibility index (Phi) is 3.45. The Bertz CT molecular complexity index is 480. The van der Waals surface area contributed by atoms with Crippen LogP contribution in [0.2, 0.25) is 0 Å². The number of hydrogen-bond acceptors (Lipinski definition) is 2. The van der Waals surface area contributed by atoms with E-state index in [2.05, 4.69) is 23.1 Å². The zero-order chi connectivity index (χ0) is 13.2. The fraction of sp³-hybridized carbons (Fsp3) is 0.562. The predicted octanol–water partition coefficient (Wildman–Crippen LogP) is 2.87. The van der Waals surface area contributed by atoms with Crippen LogP contribution in [-0.2, 0) is 17.6 Å². The van der Waals surface area contributed by atoms with Crippen molar-refractivity contribution in [3.8, 4) is 0 Å². The van der Waals surface area contributed by atoms with Crippen molar-refractivity contribution in [1.82, 2.24) is 0 Å². The molecule has 3 heteroatoms. The first-order valence-electron chi connectivity index (χ1n) is 7.31. The first-order valence-corrected chi connectivity index (χ1v) is 7.31. The summed E-state index contributed by atoms with van der Waals surface area (Å²) in [5.74, 6) is 0.167. The monoisotopic (exact) mass is 259 g/mol. The number of fused-ring (bicyclic) bond motifs is 1. The fourth-order valence-corrected chi connectivity index (χ4v) is 3.07. The quantitative estimate of drug-likeness (QED) is 0.884. The molecule has 1 aliphatic carbocycles. The standard InChI is InChI=1S/C16H21NO2/c18-16(19)7-5-12-4-6-14-8-9-17(15(14)10-12)11-13-2-1-3-13/h4,6,10,13H,1-3,5,7-9,11H2,(H,18,19). The van der Waals surface area contributed by atoms with Crippen molar-refractivity contribution in [3.63, 3.8) is 0 Å². The number of carboxylic acids is 1. The van der Waals surface area contributed by atoms with Crippen LogP contribution in [0.1, 0.15) is 36.8 Å². The molecule has 1 aliphatic heterocycles. The second-order valence-electron chi connectivity index (χ2n) is 5.85. The molecule has 1 fully saturated rings. The van der Waals surface area contributed by atoms with E-state index in [4.69, 9.17) is 5.11 Å². The molecule has 19 heavy (non-hydrogen) atoms. The van der Waals surface area contributed by atoms with Crippen LogP contribution in [0.25, 0.3) is 0 Å². The summed E-state index contributed by atoms with van der Waals surface area (Å²) < 4.78 is 0. The molecule has 0 unspecified atom stereocenters. The average Bonchev–Trinajstić information content (AvgIpc) is 2.73. The summed E-state index contributed by atoms with van der Waals surface area (Å²) in [6, 6.07) is 6.49. The molecular formula is C16H21NO2. The summed E-state index contributed by atoms with van der Waals surface area (Å²) >= 11 is 0. The van der Waals surface area contributed by atoms with Gasteiger partial charge in [-0.3, -0.25) is 4.79 Å². The van der Waals surface area contributed by atoms with Crippen LogP contribution < -0.4 is 4.90 Å². The maximum absolute atomic E-state index is 10.7. The van der Waals surface area contributed by atoms with Crippen LogP contribution >= 0.6 is 0 Å². The van der Waals surface area contributed by atoms with Crippen LogP contribution in [0.5, 0.6) is 0 Å². The summed E-state index contributed by atoms with van der Waals surface area (Å²) in [5.41, 5.74) is 3.94. The largest absolute Gasteiger partial charge is 0.481 e. The van der Waals surface area contributed by atoms with Crippen molar-refractivity contribution in [1.29, 1.82) is 0 Å². The molecule has 1 saturated carbocycles. The number of anilines is 1. The minimum Gasteiger partial charge on any atom is -0.481 e. The molecule has 1 aromatic rings. The van der Waals surface area contributed by atoms with Crippen molar-refractivity contribution in [2.45, 2.75) is 38.5 Å². The molecule has 1 aromatic carbocycles. The number of aryl methyl sites for hydroxylation is 1. The highest BCUT2D eigenvalue weighted by atomic mass is 16.4.